The van der Waals surface area contributed by atoms with Crippen LogP contribution in [0.3, 0.4) is 0 Å². The van der Waals surface area contributed by atoms with Crippen LogP contribution in [0.1, 0.15) is 11.3 Å². The Labute approximate surface area is 167 Å². The van der Waals surface area contributed by atoms with Crippen LogP contribution in [0.2, 0.25) is 0 Å². The molecular weight excluding hydrogens is 435 g/mol. The molecule has 0 radical (unpaired) electrons. The molecule has 0 aliphatic heterocycles. The highest BCUT2D eigenvalue weighted by atomic mass is 32.2. The van der Waals surface area contributed by atoms with Crippen LogP contribution in [-0.4, -0.2) is 19.9 Å². The monoisotopic (exact) mass is 448 g/mol. The van der Waals surface area contributed by atoms with Gasteiger partial charge in [-0.05, 0) is 48.4 Å². The molecular formula is C18H13F5N2O4S. The first kappa shape index (κ1) is 21.7. The zero-order chi connectivity index (χ0) is 22.3. The lowest BCUT2D eigenvalue weighted by molar-refractivity contribution is -0.274. The molecule has 6 nitrogen and oxygen atoms in total. The number of halogens is 5. The summed E-state index contributed by atoms with van der Waals surface area (Å²) in [5, 5.41) is 8.69. The number of sulfonamides is 1. The summed E-state index contributed by atoms with van der Waals surface area (Å²) in [4.78, 5) is -0.754. The molecule has 0 aliphatic carbocycles. The standard InChI is InChI=1S/C18H13F5N2O4S/c1-9-6-11(28-18(21,22)23)3-4-12(9)17-16(14(8-19)29-25-17)10-2-5-15(13(20)7-10)30(24,26)27/h2-7H,8H2,1H3,(H2,24,26,27). The second kappa shape index (κ2) is 7.69. The number of ether oxygens (including phenoxy) is 1. The summed E-state index contributed by atoms with van der Waals surface area (Å²) in [5.74, 6) is -1.91. The summed E-state index contributed by atoms with van der Waals surface area (Å²) in [7, 11) is -4.32. The fourth-order valence-corrected chi connectivity index (χ4v) is 3.47. The SMILES string of the molecule is Cc1cc(OC(F)(F)F)ccc1-c1noc(CF)c1-c1ccc(S(N)(=O)=O)c(F)c1. The molecule has 30 heavy (non-hydrogen) atoms. The van der Waals surface area contributed by atoms with Crippen molar-refractivity contribution < 1.29 is 39.6 Å². The van der Waals surface area contributed by atoms with Gasteiger partial charge in [0.25, 0.3) is 0 Å². The Balaban J connectivity index is 2.12. The molecule has 1 heterocycles. The Bertz CT molecular complexity index is 1210. The van der Waals surface area contributed by atoms with E-state index in [2.05, 4.69) is 9.89 Å². The van der Waals surface area contributed by atoms with Gasteiger partial charge in [-0.2, -0.15) is 0 Å². The number of nitrogens with zero attached hydrogens (tertiary/aromatic N) is 1. The fraction of sp³-hybridized carbons (Fsp3) is 0.167. The normalized spacial score (nSPS) is 12.2. The van der Waals surface area contributed by atoms with Crippen LogP contribution in [0.15, 0.2) is 45.8 Å². The van der Waals surface area contributed by atoms with Crippen LogP contribution in [0.5, 0.6) is 5.75 Å². The molecule has 12 heteroatoms. The van der Waals surface area contributed by atoms with Gasteiger partial charge >= 0.3 is 6.36 Å². The van der Waals surface area contributed by atoms with Gasteiger partial charge in [0.1, 0.15) is 22.2 Å². The predicted molar refractivity (Wildman–Crippen MR) is 94.9 cm³/mol. The minimum Gasteiger partial charge on any atom is -0.406 e. The Hall–Kier alpha value is -2.99. The molecule has 3 rings (SSSR count). The van der Waals surface area contributed by atoms with Gasteiger partial charge in [0.15, 0.2) is 12.4 Å². The van der Waals surface area contributed by atoms with E-state index in [-0.39, 0.29) is 28.1 Å². The van der Waals surface area contributed by atoms with Crippen molar-refractivity contribution in [2.24, 2.45) is 5.14 Å². The third-order valence-electron chi connectivity index (χ3n) is 4.10. The second-order valence-corrected chi connectivity index (χ2v) is 7.71. The van der Waals surface area contributed by atoms with E-state index < -0.39 is 39.5 Å². The van der Waals surface area contributed by atoms with Gasteiger partial charge in [-0.15, -0.1) is 13.2 Å². The van der Waals surface area contributed by atoms with E-state index in [1.165, 1.54) is 19.1 Å². The van der Waals surface area contributed by atoms with Crippen LogP contribution in [0, 0.1) is 12.7 Å². The number of primary sulfonamides is 1. The summed E-state index contributed by atoms with van der Waals surface area (Å²) in [6, 6.07) is 6.32. The number of rotatable bonds is 5. The second-order valence-electron chi connectivity index (χ2n) is 6.18. The first-order valence-electron chi connectivity index (χ1n) is 8.14. The summed E-state index contributed by atoms with van der Waals surface area (Å²) in [6.45, 7) is 0.353. The highest BCUT2D eigenvalue weighted by molar-refractivity contribution is 7.89. The molecule has 0 atom stereocenters. The number of nitrogens with two attached hydrogens (primary N) is 1. The van der Waals surface area contributed by atoms with Gasteiger partial charge in [0.05, 0.1) is 5.56 Å². The Morgan fingerprint density at radius 2 is 1.87 bits per heavy atom. The van der Waals surface area contributed by atoms with Crippen molar-refractivity contribution in [1.29, 1.82) is 0 Å². The predicted octanol–water partition coefficient (Wildman–Crippen LogP) is 4.47. The maximum Gasteiger partial charge on any atom is 0.573 e. The number of benzene rings is 2. The minimum absolute atomic E-state index is 0.0185. The third kappa shape index (κ3) is 4.44. The van der Waals surface area contributed by atoms with Gasteiger partial charge in [0, 0.05) is 5.56 Å². The number of alkyl halides is 4. The highest BCUT2D eigenvalue weighted by Crippen LogP contribution is 2.38. The lowest BCUT2D eigenvalue weighted by Crippen LogP contribution is -2.17. The van der Waals surface area contributed by atoms with E-state index in [1.54, 1.807) is 0 Å². The average Bonchev–Trinajstić information content (AvgIpc) is 3.03. The van der Waals surface area contributed by atoms with Gasteiger partial charge in [0.2, 0.25) is 10.0 Å². The molecule has 0 saturated carbocycles. The molecule has 0 aliphatic rings. The van der Waals surface area contributed by atoms with E-state index >= 15 is 0 Å². The van der Waals surface area contributed by atoms with Crippen LogP contribution in [0.4, 0.5) is 22.0 Å². The van der Waals surface area contributed by atoms with Crippen molar-refractivity contribution in [3.63, 3.8) is 0 Å². The van der Waals surface area contributed by atoms with E-state index in [1.807, 2.05) is 0 Å². The van der Waals surface area contributed by atoms with Crippen LogP contribution >= 0.6 is 0 Å². The Morgan fingerprint density at radius 1 is 1.17 bits per heavy atom. The molecule has 0 spiro atoms. The third-order valence-corrected chi connectivity index (χ3v) is 5.04. The first-order valence-corrected chi connectivity index (χ1v) is 9.69. The highest BCUT2D eigenvalue weighted by Gasteiger charge is 2.31. The van der Waals surface area contributed by atoms with Gasteiger partial charge in [-0.1, -0.05) is 11.2 Å². The van der Waals surface area contributed by atoms with Crippen molar-refractivity contribution in [3.05, 3.63) is 53.5 Å². The van der Waals surface area contributed by atoms with E-state index in [0.717, 1.165) is 24.3 Å². The molecule has 2 N–H and O–H groups in total. The summed E-state index contributed by atoms with van der Waals surface area (Å²) in [6.07, 6.45) is -4.88. The molecule has 0 unspecified atom stereocenters. The van der Waals surface area contributed by atoms with Crippen molar-refractivity contribution >= 4 is 10.0 Å². The maximum absolute atomic E-state index is 14.3. The van der Waals surface area contributed by atoms with Crippen molar-refractivity contribution in [1.82, 2.24) is 5.16 Å². The first-order chi connectivity index (χ1) is 13.9. The van der Waals surface area contributed by atoms with E-state index in [0.29, 0.717) is 5.56 Å². The summed E-state index contributed by atoms with van der Waals surface area (Å²) >= 11 is 0. The molecule has 0 amide bonds. The number of hydrogen-bond acceptors (Lipinski definition) is 5. The van der Waals surface area contributed by atoms with Gasteiger partial charge < -0.3 is 9.26 Å². The molecule has 3 aromatic rings. The molecule has 0 saturated heterocycles. The van der Waals surface area contributed by atoms with Gasteiger partial charge in [-0.25, -0.2) is 22.3 Å². The molecule has 0 bridgehead atoms. The lowest BCUT2D eigenvalue weighted by Gasteiger charge is -2.12. The Kier molecular flexibility index (Phi) is 5.56. The van der Waals surface area contributed by atoms with Crippen LogP contribution in [-0.2, 0) is 16.7 Å². The fourth-order valence-electron chi connectivity index (χ4n) is 2.88. The van der Waals surface area contributed by atoms with Crippen LogP contribution in [0.25, 0.3) is 22.4 Å². The average molecular weight is 448 g/mol. The Morgan fingerprint density at radius 3 is 2.40 bits per heavy atom. The van der Waals surface area contributed by atoms with E-state index in [9.17, 15) is 30.4 Å². The van der Waals surface area contributed by atoms with Crippen molar-refractivity contribution in [2.45, 2.75) is 24.9 Å². The zero-order valence-corrected chi connectivity index (χ0v) is 15.9. The largest absolute Gasteiger partial charge is 0.573 e. The smallest absolute Gasteiger partial charge is 0.406 e. The number of hydrogen-bond donors (Lipinski definition) is 1. The summed E-state index contributed by atoms with van der Waals surface area (Å²) in [5.41, 5.74) is 0.655. The van der Waals surface area contributed by atoms with Crippen molar-refractivity contribution in [2.75, 3.05) is 0 Å². The number of aryl methyl sites for hydroxylation is 1. The summed E-state index contributed by atoms with van der Waals surface area (Å²) < 4.78 is 96.5. The van der Waals surface area contributed by atoms with Gasteiger partial charge in [-0.3, -0.25) is 0 Å². The molecule has 0 fully saturated rings. The lowest BCUT2D eigenvalue weighted by atomic mass is 9.96. The van der Waals surface area contributed by atoms with E-state index in [4.69, 9.17) is 9.66 Å². The molecule has 1 aromatic heterocycles. The molecule has 2 aromatic carbocycles. The van der Waals surface area contributed by atoms with Crippen molar-refractivity contribution in [3.8, 4) is 28.1 Å². The van der Waals surface area contributed by atoms with Crippen LogP contribution < -0.4 is 9.88 Å². The topological polar surface area (TPSA) is 95.4 Å². The quantitative estimate of drug-likeness (QED) is 0.581. The molecule has 160 valence electrons. The number of aromatic nitrogens is 1. The maximum atomic E-state index is 14.3. The minimum atomic E-state index is -4.88. The zero-order valence-electron chi connectivity index (χ0n) is 15.1.